The predicted octanol–water partition coefficient (Wildman–Crippen LogP) is 6.43. The first kappa shape index (κ1) is 26.4. The molecule has 0 bridgehead atoms. The number of anilines is 2. The Morgan fingerprint density at radius 3 is 2.19 bits per heavy atom. The fourth-order valence-electron chi connectivity index (χ4n) is 4.06. The molecule has 1 fully saturated rings. The fourth-order valence-corrected chi connectivity index (χ4v) is 5.36. The highest BCUT2D eigenvalue weighted by atomic mass is 32.2. The number of aryl methyl sites for hydroxylation is 3. The van der Waals surface area contributed by atoms with Gasteiger partial charge in [0.25, 0.3) is 11.8 Å². The largest absolute Gasteiger partial charge is 0.494 e. The summed E-state index contributed by atoms with van der Waals surface area (Å²) in [6.07, 6.45) is 1.80. The van der Waals surface area contributed by atoms with Gasteiger partial charge in [0.1, 0.15) is 11.5 Å². The van der Waals surface area contributed by atoms with Crippen LogP contribution < -0.4 is 19.7 Å². The summed E-state index contributed by atoms with van der Waals surface area (Å²) in [5.41, 5.74) is 5.54. The first-order valence-corrected chi connectivity index (χ1v) is 13.1. The molecule has 1 saturated heterocycles. The monoisotopic (exact) mass is 532 g/mol. The van der Waals surface area contributed by atoms with Crippen LogP contribution in [0.4, 0.5) is 11.4 Å². The molecule has 0 atom stereocenters. The van der Waals surface area contributed by atoms with Gasteiger partial charge in [0.15, 0.2) is 10.9 Å². The number of nitrogens with one attached hydrogen (secondary N) is 1. The average molecular weight is 533 g/mol. The van der Waals surface area contributed by atoms with Crippen molar-refractivity contribution in [3.8, 4) is 11.5 Å². The molecule has 1 heterocycles. The van der Waals surface area contributed by atoms with Gasteiger partial charge in [-0.3, -0.25) is 14.5 Å². The average Bonchev–Trinajstić information content (AvgIpc) is 3.14. The SMILES string of the molecule is CCOc1ccc(N2C(=O)/C(=C/c3ccc(OCC(=O)Nc4c(C)cc(C)cc4C)cc3)SC2=S)cc1. The molecule has 8 heteroatoms. The topological polar surface area (TPSA) is 67.9 Å². The standard InChI is InChI=1S/C29H28N2O4S2/c1-5-34-23-12-8-22(9-13-23)31-28(33)25(37-29(31)36)16-21-6-10-24(11-7-21)35-17-26(32)30-27-19(3)14-18(2)15-20(27)4/h6-16H,5,17H2,1-4H3,(H,30,32)/b25-16-. The summed E-state index contributed by atoms with van der Waals surface area (Å²) in [6, 6.07) is 18.6. The minimum Gasteiger partial charge on any atom is -0.494 e. The van der Waals surface area contributed by atoms with Crippen LogP contribution in [-0.4, -0.2) is 29.3 Å². The number of amides is 2. The van der Waals surface area contributed by atoms with Crippen molar-refractivity contribution in [2.75, 3.05) is 23.4 Å². The van der Waals surface area contributed by atoms with Crippen molar-refractivity contribution in [3.63, 3.8) is 0 Å². The second-order valence-corrected chi connectivity index (χ2v) is 10.3. The Balaban J connectivity index is 1.37. The molecule has 1 aliphatic rings. The summed E-state index contributed by atoms with van der Waals surface area (Å²) in [4.78, 5) is 27.5. The maximum Gasteiger partial charge on any atom is 0.270 e. The van der Waals surface area contributed by atoms with E-state index < -0.39 is 0 Å². The smallest absolute Gasteiger partial charge is 0.270 e. The van der Waals surface area contributed by atoms with Gasteiger partial charge < -0.3 is 14.8 Å². The maximum absolute atomic E-state index is 13.0. The van der Waals surface area contributed by atoms with Crippen molar-refractivity contribution < 1.29 is 19.1 Å². The molecule has 1 aliphatic heterocycles. The molecule has 4 rings (SSSR count). The number of carbonyl (C=O) groups excluding carboxylic acids is 2. The van der Waals surface area contributed by atoms with E-state index in [4.69, 9.17) is 21.7 Å². The third kappa shape index (κ3) is 6.39. The zero-order valence-corrected chi connectivity index (χ0v) is 22.8. The Labute approximate surface area is 226 Å². The van der Waals surface area contributed by atoms with Crippen molar-refractivity contribution in [1.82, 2.24) is 0 Å². The molecule has 0 aliphatic carbocycles. The quantitative estimate of drug-likeness (QED) is 0.266. The van der Waals surface area contributed by atoms with Crippen LogP contribution in [0.25, 0.3) is 6.08 Å². The van der Waals surface area contributed by atoms with E-state index in [0.717, 1.165) is 33.7 Å². The zero-order valence-electron chi connectivity index (χ0n) is 21.2. The van der Waals surface area contributed by atoms with Gasteiger partial charge in [-0.15, -0.1) is 0 Å². The molecule has 0 saturated carbocycles. The van der Waals surface area contributed by atoms with Crippen molar-refractivity contribution >= 4 is 57.6 Å². The van der Waals surface area contributed by atoms with Crippen LogP contribution in [0.15, 0.2) is 65.6 Å². The maximum atomic E-state index is 13.0. The van der Waals surface area contributed by atoms with E-state index in [0.29, 0.717) is 27.3 Å². The van der Waals surface area contributed by atoms with E-state index in [1.807, 2.05) is 76.2 Å². The molecule has 0 spiro atoms. The Hall–Kier alpha value is -3.62. The van der Waals surface area contributed by atoms with Crippen LogP contribution in [0.3, 0.4) is 0 Å². The molecule has 2 amide bonds. The normalized spacial score (nSPS) is 14.3. The number of nitrogens with zero attached hydrogens (tertiary/aromatic N) is 1. The van der Waals surface area contributed by atoms with E-state index in [-0.39, 0.29) is 18.4 Å². The number of hydrogen-bond donors (Lipinski definition) is 1. The highest BCUT2D eigenvalue weighted by molar-refractivity contribution is 8.27. The highest BCUT2D eigenvalue weighted by Gasteiger charge is 2.33. The number of thioether (sulfide) groups is 1. The zero-order chi connectivity index (χ0) is 26.5. The van der Waals surface area contributed by atoms with Crippen molar-refractivity contribution in [2.45, 2.75) is 27.7 Å². The highest BCUT2D eigenvalue weighted by Crippen LogP contribution is 2.36. The fraction of sp³-hybridized carbons (Fsp3) is 0.207. The molecule has 0 unspecified atom stereocenters. The van der Waals surface area contributed by atoms with E-state index in [9.17, 15) is 9.59 Å². The summed E-state index contributed by atoms with van der Waals surface area (Å²) >= 11 is 6.73. The molecule has 1 N–H and O–H groups in total. The number of hydrogen-bond acceptors (Lipinski definition) is 6. The Bertz CT molecular complexity index is 1340. The van der Waals surface area contributed by atoms with E-state index in [1.165, 1.54) is 16.7 Å². The Morgan fingerprint density at radius 2 is 1.57 bits per heavy atom. The van der Waals surface area contributed by atoms with E-state index in [2.05, 4.69) is 5.32 Å². The minimum atomic E-state index is -0.225. The molecule has 3 aromatic rings. The van der Waals surface area contributed by atoms with Gasteiger partial charge in [0, 0.05) is 5.69 Å². The summed E-state index contributed by atoms with van der Waals surface area (Å²) in [5, 5.41) is 2.93. The van der Waals surface area contributed by atoms with Gasteiger partial charge in [-0.2, -0.15) is 0 Å². The lowest BCUT2D eigenvalue weighted by Crippen LogP contribution is -2.27. The molecule has 37 heavy (non-hydrogen) atoms. The van der Waals surface area contributed by atoms with Gasteiger partial charge in [-0.05, 0) is 86.9 Å². The second kappa shape index (κ2) is 11.6. The van der Waals surface area contributed by atoms with Crippen molar-refractivity contribution in [3.05, 3.63) is 87.8 Å². The first-order chi connectivity index (χ1) is 17.7. The van der Waals surface area contributed by atoms with Crippen LogP contribution >= 0.6 is 24.0 Å². The molecular weight excluding hydrogens is 504 g/mol. The van der Waals surface area contributed by atoms with Gasteiger partial charge in [-0.25, -0.2) is 0 Å². The van der Waals surface area contributed by atoms with E-state index in [1.54, 1.807) is 18.2 Å². The van der Waals surface area contributed by atoms with Gasteiger partial charge in [-0.1, -0.05) is 53.8 Å². The third-order valence-corrected chi connectivity index (χ3v) is 6.99. The number of rotatable bonds is 8. The van der Waals surface area contributed by atoms with E-state index >= 15 is 0 Å². The lowest BCUT2D eigenvalue weighted by molar-refractivity contribution is -0.118. The number of carbonyl (C=O) groups is 2. The van der Waals surface area contributed by atoms with Crippen LogP contribution in [-0.2, 0) is 9.59 Å². The number of benzene rings is 3. The molecule has 0 aromatic heterocycles. The summed E-state index contributed by atoms with van der Waals surface area (Å²) in [5.74, 6) is 0.911. The van der Waals surface area contributed by atoms with Gasteiger partial charge >= 0.3 is 0 Å². The molecular formula is C29H28N2O4S2. The lowest BCUT2D eigenvalue weighted by Gasteiger charge is -2.15. The third-order valence-electron chi connectivity index (χ3n) is 5.69. The first-order valence-electron chi connectivity index (χ1n) is 11.9. The minimum absolute atomic E-state index is 0.104. The Kier molecular flexibility index (Phi) is 8.31. The molecule has 6 nitrogen and oxygen atoms in total. The number of thiocarbonyl (C=S) groups is 1. The van der Waals surface area contributed by atoms with Crippen molar-refractivity contribution in [1.29, 1.82) is 0 Å². The van der Waals surface area contributed by atoms with Crippen LogP contribution in [0.2, 0.25) is 0 Å². The van der Waals surface area contributed by atoms with Crippen molar-refractivity contribution in [2.24, 2.45) is 0 Å². The summed E-state index contributed by atoms with van der Waals surface area (Å²) in [6.45, 7) is 8.37. The summed E-state index contributed by atoms with van der Waals surface area (Å²) in [7, 11) is 0. The number of ether oxygens (including phenoxy) is 2. The summed E-state index contributed by atoms with van der Waals surface area (Å²) < 4.78 is 11.6. The van der Waals surface area contributed by atoms with Crippen LogP contribution in [0.1, 0.15) is 29.2 Å². The van der Waals surface area contributed by atoms with Crippen LogP contribution in [0, 0.1) is 20.8 Å². The predicted molar refractivity (Wildman–Crippen MR) is 154 cm³/mol. The second-order valence-electron chi connectivity index (χ2n) is 8.62. The molecule has 190 valence electrons. The van der Waals surface area contributed by atoms with Gasteiger partial charge in [0.2, 0.25) is 0 Å². The molecule has 0 radical (unpaired) electrons. The van der Waals surface area contributed by atoms with Crippen LogP contribution in [0.5, 0.6) is 11.5 Å². The van der Waals surface area contributed by atoms with Gasteiger partial charge in [0.05, 0.1) is 17.2 Å². The Morgan fingerprint density at radius 1 is 0.973 bits per heavy atom. The molecule has 3 aromatic carbocycles. The lowest BCUT2D eigenvalue weighted by atomic mass is 10.1.